The highest BCUT2D eigenvalue weighted by atomic mass is 19.2. The zero-order valence-corrected chi connectivity index (χ0v) is 13.2. The Morgan fingerprint density at radius 3 is 2.60 bits per heavy atom. The summed E-state index contributed by atoms with van der Waals surface area (Å²) < 4.78 is 51.7. The molecule has 1 aromatic heterocycles. The van der Waals surface area contributed by atoms with E-state index in [1.807, 2.05) is 6.92 Å². The zero-order chi connectivity index (χ0) is 17.7. The molecule has 25 heavy (non-hydrogen) atoms. The summed E-state index contributed by atoms with van der Waals surface area (Å²) in [4.78, 5) is 11.7. The lowest BCUT2D eigenvalue weighted by atomic mass is 9.95. The SMILES string of the molecule is Cc1cc(=O)oc2c3c(ccc12)OC(c1cc(F)c(F)cc1F)CC3. The minimum Gasteiger partial charge on any atom is -0.485 e. The molecule has 0 radical (unpaired) electrons. The fourth-order valence-corrected chi connectivity index (χ4v) is 3.26. The van der Waals surface area contributed by atoms with Crippen LogP contribution in [0.2, 0.25) is 0 Å². The molecule has 2 heterocycles. The molecule has 6 heteroatoms. The van der Waals surface area contributed by atoms with Crippen LogP contribution in [0.4, 0.5) is 13.2 Å². The van der Waals surface area contributed by atoms with Gasteiger partial charge in [0.05, 0.1) is 0 Å². The summed E-state index contributed by atoms with van der Waals surface area (Å²) in [6.07, 6.45) is 0.0741. The normalized spacial score (nSPS) is 16.6. The van der Waals surface area contributed by atoms with Crippen LogP contribution >= 0.6 is 0 Å². The van der Waals surface area contributed by atoms with Crippen molar-refractivity contribution in [3.8, 4) is 5.75 Å². The van der Waals surface area contributed by atoms with Gasteiger partial charge in [0.15, 0.2) is 11.6 Å². The second kappa shape index (κ2) is 5.65. The van der Waals surface area contributed by atoms with Crippen LogP contribution in [0.5, 0.6) is 5.75 Å². The number of halogens is 3. The topological polar surface area (TPSA) is 39.4 Å². The van der Waals surface area contributed by atoms with Crippen LogP contribution in [0.3, 0.4) is 0 Å². The Balaban J connectivity index is 1.79. The van der Waals surface area contributed by atoms with Crippen LogP contribution in [0.1, 0.15) is 29.2 Å². The first kappa shape index (κ1) is 15.7. The molecule has 0 saturated heterocycles. The number of aryl methyl sites for hydroxylation is 2. The summed E-state index contributed by atoms with van der Waals surface area (Å²) in [6, 6.07) is 6.24. The van der Waals surface area contributed by atoms with Gasteiger partial charge in [-0.1, -0.05) is 0 Å². The minimum atomic E-state index is -1.24. The summed E-state index contributed by atoms with van der Waals surface area (Å²) in [7, 11) is 0. The van der Waals surface area contributed by atoms with Gasteiger partial charge in [0.2, 0.25) is 0 Å². The number of benzene rings is 2. The molecule has 3 aromatic rings. The summed E-state index contributed by atoms with van der Waals surface area (Å²) in [5.41, 5.74) is 1.48. The lowest BCUT2D eigenvalue weighted by Gasteiger charge is -2.27. The average Bonchev–Trinajstić information content (AvgIpc) is 2.57. The van der Waals surface area contributed by atoms with E-state index >= 15 is 0 Å². The first-order chi connectivity index (χ1) is 11.9. The molecule has 0 amide bonds. The van der Waals surface area contributed by atoms with E-state index in [1.54, 1.807) is 12.1 Å². The molecule has 4 rings (SSSR count). The molecule has 0 N–H and O–H groups in total. The van der Waals surface area contributed by atoms with E-state index in [-0.39, 0.29) is 5.56 Å². The maximum atomic E-state index is 14.0. The van der Waals surface area contributed by atoms with Gasteiger partial charge in [-0.15, -0.1) is 0 Å². The van der Waals surface area contributed by atoms with Gasteiger partial charge in [-0.25, -0.2) is 18.0 Å². The highest BCUT2D eigenvalue weighted by Gasteiger charge is 2.27. The lowest BCUT2D eigenvalue weighted by molar-refractivity contribution is 0.171. The predicted molar refractivity (Wildman–Crippen MR) is 85.2 cm³/mol. The molecule has 2 aromatic carbocycles. The van der Waals surface area contributed by atoms with E-state index in [9.17, 15) is 18.0 Å². The Labute approximate surface area is 140 Å². The number of fused-ring (bicyclic) bond motifs is 3. The van der Waals surface area contributed by atoms with Crippen LogP contribution in [0.25, 0.3) is 11.0 Å². The third-order valence-electron chi connectivity index (χ3n) is 4.49. The number of rotatable bonds is 1. The molecular formula is C19H13F3O3. The standard InChI is InChI=1S/C19H13F3O3/c1-9-6-18(23)25-19-10(9)2-4-16-11(19)3-5-17(24-16)12-7-14(21)15(22)8-13(12)20/h2,4,6-8,17H,3,5H2,1H3. The average molecular weight is 346 g/mol. The lowest BCUT2D eigenvalue weighted by Crippen LogP contribution is -2.17. The zero-order valence-electron chi connectivity index (χ0n) is 13.2. The Morgan fingerprint density at radius 1 is 1.04 bits per heavy atom. The van der Waals surface area contributed by atoms with Gasteiger partial charge < -0.3 is 9.15 Å². The van der Waals surface area contributed by atoms with Crippen molar-refractivity contribution in [2.24, 2.45) is 0 Å². The van der Waals surface area contributed by atoms with Crippen molar-refractivity contribution in [2.75, 3.05) is 0 Å². The number of ether oxygens (including phenoxy) is 1. The molecule has 3 nitrogen and oxygen atoms in total. The Kier molecular flexibility index (Phi) is 3.56. The molecule has 1 unspecified atom stereocenters. The molecule has 0 fully saturated rings. The van der Waals surface area contributed by atoms with Crippen LogP contribution in [0.15, 0.2) is 39.5 Å². The molecule has 0 aliphatic carbocycles. The molecule has 128 valence electrons. The third kappa shape index (κ3) is 2.58. The Morgan fingerprint density at radius 2 is 1.80 bits per heavy atom. The van der Waals surface area contributed by atoms with Gasteiger partial charge in [-0.3, -0.25) is 0 Å². The maximum absolute atomic E-state index is 14.0. The quantitative estimate of drug-likeness (QED) is 0.478. The fourth-order valence-electron chi connectivity index (χ4n) is 3.26. The van der Waals surface area contributed by atoms with Crippen LogP contribution < -0.4 is 10.4 Å². The maximum Gasteiger partial charge on any atom is 0.336 e. The van der Waals surface area contributed by atoms with Crippen LogP contribution in [-0.4, -0.2) is 0 Å². The molecule has 1 aliphatic rings. The Bertz CT molecular complexity index is 1060. The van der Waals surface area contributed by atoms with E-state index in [0.717, 1.165) is 22.6 Å². The molecule has 0 spiro atoms. The van der Waals surface area contributed by atoms with E-state index in [0.29, 0.717) is 30.2 Å². The minimum absolute atomic E-state index is 0.0321. The summed E-state index contributed by atoms with van der Waals surface area (Å²) in [6.45, 7) is 1.81. The van der Waals surface area contributed by atoms with Crippen molar-refractivity contribution >= 4 is 11.0 Å². The van der Waals surface area contributed by atoms with Crippen molar-refractivity contribution in [1.82, 2.24) is 0 Å². The Hall–Kier alpha value is -2.76. The molecular weight excluding hydrogens is 333 g/mol. The largest absolute Gasteiger partial charge is 0.485 e. The van der Waals surface area contributed by atoms with E-state index in [1.165, 1.54) is 6.07 Å². The van der Waals surface area contributed by atoms with Gasteiger partial charge in [-0.05, 0) is 43.5 Å². The molecule has 0 saturated carbocycles. The van der Waals surface area contributed by atoms with Gasteiger partial charge in [-0.2, -0.15) is 0 Å². The van der Waals surface area contributed by atoms with Crippen molar-refractivity contribution in [3.05, 3.63) is 74.9 Å². The van der Waals surface area contributed by atoms with Crippen LogP contribution in [0, 0.1) is 24.4 Å². The summed E-state index contributed by atoms with van der Waals surface area (Å²) in [5.74, 6) is -2.76. The molecule has 1 aliphatic heterocycles. The second-order valence-corrected chi connectivity index (χ2v) is 6.10. The molecule has 1 atom stereocenters. The van der Waals surface area contributed by atoms with Crippen molar-refractivity contribution in [1.29, 1.82) is 0 Å². The summed E-state index contributed by atoms with van der Waals surface area (Å²) in [5, 5.41) is 0.805. The van der Waals surface area contributed by atoms with Gasteiger partial charge in [0.25, 0.3) is 0 Å². The van der Waals surface area contributed by atoms with E-state index in [4.69, 9.17) is 9.15 Å². The van der Waals surface area contributed by atoms with E-state index < -0.39 is 29.2 Å². The first-order valence-electron chi connectivity index (χ1n) is 7.81. The van der Waals surface area contributed by atoms with Crippen molar-refractivity contribution in [3.63, 3.8) is 0 Å². The van der Waals surface area contributed by atoms with Gasteiger partial charge in [0.1, 0.15) is 23.3 Å². The van der Waals surface area contributed by atoms with E-state index in [2.05, 4.69) is 0 Å². The van der Waals surface area contributed by atoms with Gasteiger partial charge >= 0.3 is 5.63 Å². The number of hydrogen-bond donors (Lipinski definition) is 0. The number of hydrogen-bond acceptors (Lipinski definition) is 3. The fraction of sp³-hybridized carbons (Fsp3) is 0.211. The second-order valence-electron chi connectivity index (χ2n) is 6.10. The molecule has 0 bridgehead atoms. The highest BCUT2D eigenvalue weighted by molar-refractivity contribution is 5.85. The third-order valence-corrected chi connectivity index (χ3v) is 4.49. The van der Waals surface area contributed by atoms with Crippen LogP contribution in [-0.2, 0) is 6.42 Å². The van der Waals surface area contributed by atoms with Gasteiger partial charge in [0, 0.05) is 28.6 Å². The predicted octanol–water partition coefficient (Wildman–Crippen LogP) is 4.59. The first-order valence-corrected chi connectivity index (χ1v) is 7.81. The van der Waals surface area contributed by atoms with Crippen molar-refractivity contribution in [2.45, 2.75) is 25.9 Å². The summed E-state index contributed by atoms with van der Waals surface area (Å²) >= 11 is 0. The van der Waals surface area contributed by atoms with Crippen molar-refractivity contribution < 1.29 is 22.3 Å². The monoisotopic (exact) mass is 346 g/mol. The highest BCUT2D eigenvalue weighted by Crippen LogP contribution is 2.39. The smallest absolute Gasteiger partial charge is 0.336 e.